The Kier molecular flexibility index (Phi) is 12.5. The first kappa shape index (κ1) is 37.3. The molecule has 8 atom stereocenters. The Hall–Kier alpha value is -3.99. The van der Waals surface area contributed by atoms with Crippen molar-refractivity contribution in [3.63, 3.8) is 0 Å². The van der Waals surface area contributed by atoms with Gasteiger partial charge in [0.2, 0.25) is 12.2 Å². The van der Waals surface area contributed by atoms with Gasteiger partial charge in [0.25, 0.3) is 6.29 Å². The summed E-state index contributed by atoms with van der Waals surface area (Å²) >= 11 is 0. The second-order valence-corrected chi connectivity index (χ2v) is 12.1. The van der Waals surface area contributed by atoms with Crippen molar-refractivity contribution in [2.75, 3.05) is 54.2 Å². The molecule has 1 amide bonds. The van der Waals surface area contributed by atoms with Crippen LogP contribution in [0.25, 0.3) is 0 Å². The molecule has 14 heteroatoms. The quantitative estimate of drug-likeness (QED) is 0.123. The zero-order valence-corrected chi connectivity index (χ0v) is 28.3. The highest BCUT2D eigenvalue weighted by molar-refractivity contribution is 5.81. The predicted octanol–water partition coefficient (Wildman–Crippen LogP) is 0.808. The van der Waals surface area contributed by atoms with Gasteiger partial charge in [-0.1, -0.05) is 42.5 Å². The van der Waals surface area contributed by atoms with E-state index in [0.717, 1.165) is 0 Å². The number of amides is 1. The van der Waals surface area contributed by atoms with E-state index in [1.54, 1.807) is 31.4 Å². The molecule has 0 bridgehead atoms. The molecule has 2 aliphatic heterocycles. The minimum absolute atomic E-state index is 0.0261. The van der Waals surface area contributed by atoms with Crippen LogP contribution in [0.1, 0.15) is 22.6 Å². The minimum Gasteiger partial charge on any atom is -0.497 e. The van der Waals surface area contributed by atoms with Crippen LogP contribution in [0.4, 0.5) is 0 Å². The summed E-state index contributed by atoms with van der Waals surface area (Å²) < 4.78 is 41.5. The third-order valence-corrected chi connectivity index (χ3v) is 9.10. The van der Waals surface area contributed by atoms with E-state index in [2.05, 4.69) is 5.32 Å². The van der Waals surface area contributed by atoms with Crippen molar-refractivity contribution >= 4 is 5.91 Å². The maximum absolute atomic E-state index is 13.9. The SMILES string of the molecule is COc1ccc([C@]2([C@H](c3ccccc3)[C@@H](C(=O)NCCN)[C@@H](O)CO)Cc3c(OC)cc(O[C@@H]4O[C@@H]([C@H](O)CO)CO[C@H]4OC)cc3O2)cc1. The summed E-state index contributed by atoms with van der Waals surface area (Å²) in [5.74, 6) is -0.940. The second-order valence-electron chi connectivity index (χ2n) is 12.1. The summed E-state index contributed by atoms with van der Waals surface area (Å²) in [4.78, 5) is 13.9. The van der Waals surface area contributed by atoms with Gasteiger partial charge in [0.15, 0.2) is 0 Å². The van der Waals surface area contributed by atoms with E-state index in [9.17, 15) is 25.2 Å². The predicted molar refractivity (Wildman–Crippen MR) is 179 cm³/mol. The van der Waals surface area contributed by atoms with Crippen LogP contribution in [0.3, 0.4) is 0 Å². The van der Waals surface area contributed by atoms with E-state index in [0.29, 0.717) is 33.9 Å². The van der Waals surface area contributed by atoms with Gasteiger partial charge in [-0.15, -0.1) is 0 Å². The number of nitrogens with two attached hydrogens (primary N) is 1. The molecule has 0 unspecified atom stereocenters. The third kappa shape index (κ3) is 7.67. The van der Waals surface area contributed by atoms with Crippen molar-refractivity contribution in [2.24, 2.45) is 11.7 Å². The van der Waals surface area contributed by atoms with Crippen LogP contribution in [0.2, 0.25) is 0 Å². The molecule has 1 fully saturated rings. The average Bonchev–Trinajstić information content (AvgIpc) is 3.55. The lowest BCUT2D eigenvalue weighted by Crippen LogP contribution is -2.52. The Labute approximate surface area is 290 Å². The third-order valence-electron chi connectivity index (χ3n) is 9.10. The number of rotatable bonds is 16. The van der Waals surface area contributed by atoms with Crippen molar-refractivity contribution in [1.82, 2.24) is 5.32 Å². The maximum atomic E-state index is 13.9. The summed E-state index contributed by atoms with van der Waals surface area (Å²) in [5, 5.41) is 44.1. The van der Waals surface area contributed by atoms with Gasteiger partial charge in [-0.05, 0) is 23.3 Å². The molecule has 3 aromatic carbocycles. The molecule has 0 spiro atoms. The molecular weight excluding hydrogens is 652 g/mol. The molecule has 0 aliphatic carbocycles. The number of benzene rings is 3. The van der Waals surface area contributed by atoms with Gasteiger partial charge < -0.3 is 64.6 Å². The monoisotopic (exact) mass is 698 g/mol. The van der Waals surface area contributed by atoms with E-state index in [-0.39, 0.29) is 31.9 Å². The van der Waals surface area contributed by atoms with Gasteiger partial charge in [0.1, 0.15) is 40.8 Å². The summed E-state index contributed by atoms with van der Waals surface area (Å²) in [7, 11) is 4.49. The smallest absolute Gasteiger partial charge is 0.251 e. The Morgan fingerprint density at radius 2 is 1.72 bits per heavy atom. The van der Waals surface area contributed by atoms with E-state index in [1.165, 1.54) is 14.2 Å². The molecule has 7 N–H and O–H groups in total. The maximum Gasteiger partial charge on any atom is 0.251 e. The molecule has 2 heterocycles. The highest BCUT2D eigenvalue weighted by Crippen LogP contribution is 2.56. The number of fused-ring (bicyclic) bond motifs is 1. The zero-order chi connectivity index (χ0) is 35.8. The van der Waals surface area contributed by atoms with Crippen LogP contribution in [0.15, 0.2) is 66.7 Å². The molecule has 1 saturated heterocycles. The van der Waals surface area contributed by atoms with Gasteiger partial charge in [-0.2, -0.15) is 0 Å². The van der Waals surface area contributed by atoms with Crippen LogP contribution in [-0.2, 0) is 31.0 Å². The fraction of sp³-hybridized carbons (Fsp3) is 0.472. The molecule has 2 aliphatic rings. The number of carbonyl (C=O) groups is 1. The van der Waals surface area contributed by atoms with Gasteiger partial charge in [0, 0.05) is 50.2 Å². The topological polar surface area (TPSA) is 201 Å². The summed E-state index contributed by atoms with van der Waals surface area (Å²) in [6.07, 6.45) is -5.46. The Bertz CT molecular complexity index is 1540. The molecule has 50 heavy (non-hydrogen) atoms. The number of hydrogen-bond donors (Lipinski definition) is 6. The molecule has 272 valence electrons. The number of aliphatic hydroxyl groups excluding tert-OH is 4. The van der Waals surface area contributed by atoms with Crippen LogP contribution in [0.5, 0.6) is 23.0 Å². The Balaban J connectivity index is 1.64. The van der Waals surface area contributed by atoms with Crippen molar-refractivity contribution in [3.05, 3.63) is 83.4 Å². The van der Waals surface area contributed by atoms with Crippen molar-refractivity contribution in [1.29, 1.82) is 0 Å². The van der Waals surface area contributed by atoms with Crippen LogP contribution in [-0.4, -0.2) is 111 Å². The Morgan fingerprint density at radius 1 is 0.980 bits per heavy atom. The molecule has 0 saturated carbocycles. The number of carbonyl (C=O) groups excluding carboxylic acids is 1. The minimum atomic E-state index is -1.47. The number of aliphatic hydroxyl groups is 4. The number of hydrogen-bond acceptors (Lipinski definition) is 13. The van der Waals surface area contributed by atoms with Crippen molar-refractivity contribution in [2.45, 2.75) is 48.8 Å². The highest BCUT2D eigenvalue weighted by Gasteiger charge is 2.55. The van der Waals surface area contributed by atoms with E-state index in [1.807, 2.05) is 42.5 Å². The standard InChI is InChI=1S/C36H46N2O12/c1-44-23-11-9-22(10-12-23)36(32(21-7-5-4-6-8-21)31(27(42)19-40)33(43)38-14-13-37)17-25-28(45-2)15-24(16-29(25)50-36)48-35-34(46-3)47-20-30(49-35)26(41)18-39/h4-12,15-16,26-27,30-32,34-35,39-42H,13-14,17-20,37H2,1-3H3,(H,38,43)/t26-,27+,30-,31+,32-,34-,35-,36+/m1/s1. The summed E-state index contributed by atoms with van der Waals surface area (Å²) in [6.45, 7) is -0.916. The summed E-state index contributed by atoms with van der Waals surface area (Å²) in [5.41, 5.74) is 6.37. The average molecular weight is 699 g/mol. The van der Waals surface area contributed by atoms with Gasteiger partial charge in [0.05, 0.1) is 46.1 Å². The van der Waals surface area contributed by atoms with E-state index < -0.39 is 67.4 Å². The van der Waals surface area contributed by atoms with Gasteiger partial charge >= 0.3 is 0 Å². The molecule has 0 radical (unpaired) electrons. The largest absolute Gasteiger partial charge is 0.497 e. The first-order valence-electron chi connectivity index (χ1n) is 16.3. The lowest BCUT2D eigenvalue weighted by molar-refractivity contribution is -0.324. The lowest BCUT2D eigenvalue weighted by Gasteiger charge is -2.42. The van der Waals surface area contributed by atoms with Crippen LogP contribution >= 0.6 is 0 Å². The number of ether oxygens (including phenoxy) is 7. The van der Waals surface area contributed by atoms with Crippen molar-refractivity contribution in [3.8, 4) is 23.0 Å². The number of methoxy groups -OCH3 is 3. The Morgan fingerprint density at radius 3 is 2.34 bits per heavy atom. The first-order valence-corrected chi connectivity index (χ1v) is 16.3. The van der Waals surface area contributed by atoms with E-state index >= 15 is 0 Å². The fourth-order valence-electron chi connectivity index (χ4n) is 6.66. The van der Waals surface area contributed by atoms with Crippen LogP contribution in [0, 0.1) is 5.92 Å². The second kappa shape index (κ2) is 16.8. The lowest BCUT2D eigenvalue weighted by atomic mass is 9.67. The van der Waals surface area contributed by atoms with Gasteiger partial charge in [-0.25, -0.2) is 0 Å². The first-order chi connectivity index (χ1) is 24.2. The van der Waals surface area contributed by atoms with Crippen molar-refractivity contribution < 1.29 is 58.4 Å². The summed E-state index contributed by atoms with van der Waals surface area (Å²) in [6, 6.07) is 19.8. The molecule has 14 nitrogen and oxygen atoms in total. The zero-order valence-electron chi connectivity index (χ0n) is 28.3. The molecule has 3 aromatic rings. The van der Waals surface area contributed by atoms with Crippen LogP contribution < -0.4 is 30.0 Å². The van der Waals surface area contributed by atoms with Gasteiger partial charge in [-0.3, -0.25) is 4.79 Å². The molecule has 5 rings (SSSR count). The molecular formula is C36H46N2O12. The normalized spacial score (nSPS) is 23.9. The fourth-order valence-corrected chi connectivity index (χ4v) is 6.66. The molecule has 0 aromatic heterocycles. The highest BCUT2D eigenvalue weighted by atomic mass is 16.8. The number of nitrogens with one attached hydrogen (secondary N) is 1. The van der Waals surface area contributed by atoms with E-state index in [4.69, 9.17) is 38.9 Å².